The van der Waals surface area contributed by atoms with Gasteiger partial charge in [0.1, 0.15) is 0 Å². The SMILES string of the molecule is Cc1ccc(C)c(C2=CCNCC2)c1. The van der Waals surface area contributed by atoms with Crippen molar-refractivity contribution < 1.29 is 0 Å². The maximum absolute atomic E-state index is 3.34. The summed E-state index contributed by atoms with van der Waals surface area (Å²) in [5.41, 5.74) is 5.69. The van der Waals surface area contributed by atoms with Gasteiger partial charge in [0.25, 0.3) is 0 Å². The highest BCUT2D eigenvalue weighted by Crippen LogP contribution is 2.23. The van der Waals surface area contributed by atoms with Gasteiger partial charge in [0.05, 0.1) is 0 Å². The topological polar surface area (TPSA) is 12.0 Å². The van der Waals surface area contributed by atoms with E-state index < -0.39 is 0 Å². The third-order valence-electron chi connectivity index (χ3n) is 2.80. The Morgan fingerprint density at radius 2 is 2.07 bits per heavy atom. The minimum absolute atomic E-state index is 1.02. The third kappa shape index (κ3) is 1.88. The first-order chi connectivity index (χ1) is 6.77. The molecule has 0 fully saturated rings. The van der Waals surface area contributed by atoms with Gasteiger partial charge in [0, 0.05) is 6.54 Å². The van der Waals surface area contributed by atoms with Gasteiger partial charge in [-0.15, -0.1) is 0 Å². The van der Waals surface area contributed by atoms with Gasteiger partial charge in [-0.2, -0.15) is 0 Å². The standard InChI is InChI=1S/C13H17N/c1-10-3-4-11(2)13(9-10)12-5-7-14-8-6-12/h3-5,9,14H,6-8H2,1-2H3. The van der Waals surface area contributed by atoms with Gasteiger partial charge >= 0.3 is 0 Å². The number of benzene rings is 1. The molecular weight excluding hydrogens is 170 g/mol. The molecule has 1 heterocycles. The van der Waals surface area contributed by atoms with Crippen molar-refractivity contribution in [1.82, 2.24) is 5.32 Å². The van der Waals surface area contributed by atoms with E-state index in [1.54, 1.807) is 0 Å². The Morgan fingerprint density at radius 1 is 1.21 bits per heavy atom. The van der Waals surface area contributed by atoms with Gasteiger partial charge in [-0.05, 0) is 43.5 Å². The van der Waals surface area contributed by atoms with Crippen molar-refractivity contribution in [3.63, 3.8) is 0 Å². The monoisotopic (exact) mass is 187 g/mol. The maximum atomic E-state index is 3.34. The van der Waals surface area contributed by atoms with Crippen molar-refractivity contribution in [1.29, 1.82) is 0 Å². The molecule has 0 saturated carbocycles. The van der Waals surface area contributed by atoms with Gasteiger partial charge in [-0.3, -0.25) is 0 Å². The molecular formula is C13H17N. The Morgan fingerprint density at radius 3 is 2.79 bits per heavy atom. The van der Waals surface area contributed by atoms with E-state index in [1.165, 1.54) is 22.3 Å². The van der Waals surface area contributed by atoms with Crippen molar-refractivity contribution in [2.45, 2.75) is 20.3 Å². The lowest BCUT2D eigenvalue weighted by molar-refractivity contribution is 0.738. The predicted molar refractivity (Wildman–Crippen MR) is 61.4 cm³/mol. The minimum Gasteiger partial charge on any atom is -0.313 e. The number of rotatable bonds is 1. The molecule has 1 aliphatic rings. The van der Waals surface area contributed by atoms with Crippen molar-refractivity contribution in [3.05, 3.63) is 41.0 Å². The van der Waals surface area contributed by atoms with E-state index in [4.69, 9.17) is 0 Å². The lowest BCUT2D eigenvalue weighted by Gasteiger charge is -2.16. The largest absolute Gasteiger partial charge is 0.313 e. The fraction of sp³-hybridized carbons (Fsp3) is 0.385. The van der Waals surface area contributed by atoms with Gasteiger partial charge < -0.3 is 5.32 Å². The molecule has 1 aromatic rings. The van der Waals surface area contributed by atoms with E-state index in [-0.39, 0.29) is 0 Å². The average Bonchev–Trinajstić information content (AvgIpc) is 2.23. The van der Waals surface area contributed by atoms with Gasteiger partial charge in [-0.1, -0.05) is 29.8 Å². The van der Waals surface area contributed by atoms with Gasteiger partial charge in [0.15, 0.2) is 0 Å². The second-order valence-electron chi connectivity index (χ2n) is 4.00. The number of nitrogens with one attached hydrogen (secondary N) is 1. The predicted octanol–water partition coefficient (Wildman–Crippen LogP) is 2.68. The summed E-state index contributed by atoms with van der Waals surface area (Å²) in [5.74, 6) is 0. The molecule has 0 atom stereocenters. The normalized spacial score (nSPS) is 16.6. The summed E-state index contributed by atoms with van der Waals surface area (Å²) in [4.78, 5) is 0. The summed E-state index contributed by atoms with van der Waals surface area (Å²) >= 11 is 0. The molecule has 0 amide bonds. The molecule has 14 heavy (non-hydrogen) atoms. The zero-order valence-corrected chi connectivity index (χ0v) is 8.93. The molecule has 1 N–H and O–H groups in total. The molecule has 1 aromatic carbocycles. The van der Waals surface area contributed by atoms with E-state index in [0.717, 1.165) is 19.5 Å². The third-order valence-corrected chi connectivity index (χ3v) is 2.80. The smallest absolute Gasteiger partial charge is 0.0140 e. The molecule has 74 valence electrons. The van der Waals surface area contributed by atoms with E-state index in [9.17, 15) is 0 Å². The fourth-order valence-electron chi connectivity index (χ4n) is 1.95. The first-order valence-electron chi connectivity index (χ1n) is 5.25. The quantitative estimate of drug-likeness (QED) is 0.712. The lowest BCUT2D eigenvalue weighted by atomic mass is 9.95. The van der Waals surface area contributed by atoms with Crippen LogP contribution in [0.4, 0.5) is 0 Å². The van der Waals surface area contributed by atoms with Gasteiger partial charge in [0.2, 0.25) is 0 Å². The molecule has 2 rings (SSSR count). The van der Waals surface area contributed by atoms with E-state index in [1.807, 2.05) is 0 Å². The molecule has 0 spiro atoms. The summed E-state index contributed by atoms with van der Waals surface area (Å²) in [7, 11) is 0. The number of hydrogen-bond acceptors (Lipinski definition) is 1. The Labute approximate surface area is 85.8 Å². The molecule has 1 aliphatic heterocycles. The molecule has 0 radical (unpaired) electrons. The van der Waals surface area contributed by atoms with Crippen molar-refractivity contribution in [3.8, 4) is 0 Å². The van der Waals surface area contributed by atoms with E-state index in [2.05, 4.69) is 43.4 Å². The highest BCUT2D eigenvalue weighted by Gasteiger charge is 2.07. The van der Waals surface area contributed by atoms with Crippen LogP contribution in [-0.4, -0.2) is 13.1 Å². The number of hydrogen-bond donors (Lipinski definition) is 1. The van der Waals surface area contributed by atoms with Crippen LogP contribution in [0, 0.1) is 13.8 Å². The molecule has 0 bridgehead atoms. The van der Waals surface area contributed by atoms with Crippen LogP contribution in [0.3, 0.4) is 0 Å². The Hall–Kier alpha value is -1.08. The van der Waals surface area contributed by atoms with Crippen LogP contribution in [0.1, 0.15) is 23.1 Å². The minimum atomic E-state index is 1.02. The van der Waals surface area contributed by atoms with E-state index >= 15 is 0 Å². The summed E-state index contributed by atoms with van der Waals surface area (Å²) in [6.45, 7) is 6.48. The summed E-state index contributed by atoms with van der Waals surface area (Å²) in [5, 5.41) is 3.34. The molecule has 0 unspecified atom stereocenters. The first-order valence-corrected chi connectivity index (χ1v) is 5.25. The molecule has 0 aliphatic carbocycles. The van der Waals surface area contributed by atoms with Crippen LogP contribution in [0.25, 0.3) is 5.57 Å². The highest BCUT2D eigenvalue weighted by molar-refractivity contribution is 5.69. The lowest BCUT2D eigenvalue weighted by Crippen LogP contribution is -2.20. The second kappa shape index (κ2) is 3.97. The maximum Gasteiger partial charge on any atom is 0.0140 e. The Bertz CT molecular complexity index is 363. The summed E-state index contributed by atoms with van der Waals surface area (Å²) in [6.07, 6.45) is 3.47. The van der Waals surface area contributed by atoms with Crippen molar-refractivity contribution in [2.24, 2.45) is 0 Å². The average molecular weight is 187 g/mol. The Balaban J connectivity index is 2.39. The van der Waals surface area contributed by atoms with Gasteiger partial charge in [-0.25, -0.2) is 0 Å². The molecule has 1 nitrogen and oxygen atoms in total. The molecule has 0 saturated heterocycles. The second-order valence-corrected chi connectivity index (χ2v) is 4.00. The van der Waals surface area contributed by atoms with E-state index in [0.29, 0.717) is 0 Å². The van der Waals surface area contributed by atoms with Crippen molar-refractivity contribution >= 4 is 5.57 Å². The van der Waals surface area contributed by atoms with Crippen LogP contribution in [0.5, 0.6) is 0 Å². The molecule has 1 heteroatoms. The zero-order valence-electron chi connectivity index (χ0n) is 8.93. The van der Waals surface area contributed by atoms with Crippen molar-refractivity contribution in [2.75, 3.05) is 13.1 Å². The Kier molecular flexibility index (Phi) is 2.69. The van der Waals surface area contributed by atoms with Crippen LogP contribution >= 0.6 is 0 Å². The van der Waals surface area contributed by atoms with Crippen LogP contribution < -0.4 is 5.32 Å². The van der Waals surface area contributed by atoms with Crippen LogP contribution in [-0.2, 0) is 0 Å². The summed E-state index contributed by atoms with van der Waals surface area (Å²) in [6, 6.07) is 6.69. The number of aryl methyl sites for hydroxylation is 2. The van der Waals surface area contributed by atoms with Crippen LogP contribution in [0.15, 0.2) is 24.3 Å². The fourth-order valence-corrected chi connectivity index (χ4v) is 1.95. The van der Waals surface area contributed by atoms with Crippen LogP contribution in [0.2, 0.25) is 0 Å². The first kappa shape index (κ1) is 9.47. The molecule has 0 aromatic heterocycles. The highest BCUT2D eigenvalue weighted by atomic mass is 14.8. The zero-order chi connectivity index (χ0) is 9.97. The summed E-state index contributed by atoms with van der Waals surface area (Å²) < 4.78 is 0.